The highest BCUT2D eigenvalue weighted by atomic mass is 16.2. The third kappa shape index (κ3) is 1.20. The lowest BCUT2D eigenvalue weighted by molar-refractivity contribution is 0.0564. The highest BCUT2D eigenvalue weighted by Crippen LogP contribution is 2.43. The van der Waals surface area contributed by atoms with Gasteiger partial charge < -0.3 is 4.90 Å². The van der Waals surface area contributed by atoms with Gasteiger partial charge in [-0.2, -0.15) is 0 Å². The first-order chi connectivity index (χ1) is 9.70. The lowest BCUT2D eigenvalue weighted by Crippen LogP contribution is -2.46. The average Bonchev–Trinajstić information content (AvgIpc) is 2.79. The number of carbonyl (C=O) groups excluding carboxylic acids is 2. The summed E-state index contributed by atoms with van der Waals surface area (Å²) in [4.78, 5) is 28.4. The smallest absolute Gasteiger partial charge is 0.264 e. The second-order valence-electron chi connectivity index (χ2n) is 5.07. The predicted octanol–water partition coefficient (Wildman–Crippen LogP) is 2.43. The summed E-state index contributed by atoms with van der Waals surface area (Å²) in [5.74, 6) is -0.429. The van der Waals surface area contributed by atoms with Crippen molar-refractivity contribution < 1.29 is 9.59 Å². The Morgan fingerprint density at radius 2 is 1.45 bits per heavy atom. The quantitative estimate of drug-likeness (QED) is 0.686. The van der Waals surface area contributed by atoms with Crippen LogP contribution in [0.4, 0.5) is 5.69 Å². The molecule has 1 atom stereocenters. The van der Waals surface area contributed by atoms with Crippen molar-refractivity contribution in [1.29, 1.82) is 0 Å². The third-order valence-corrected chi connectivity index (χ3v) is 4.03. The molecule has 0 radical (unpaired) electrons. The van der Waals surface area contributed by atoms with Crippen LogP contribution < -0.4 is 4.90 Å². The molecule has 0 saturated heterocycles. The van der Waals surface area contributed by atoms with E-state index in [1.165, 1.54) is 4.90 Å². The van der Waals surface area contributed by atoms with Crippen LogP contribution in [0.5, 0.6) is 0 Å². The fourth-order valence-electron chi connectivity index (χ4n) is 3.11. The maximum atomic E-state index is 12.6. The molecule has 4 nitrogen and oxygen atoms in total. The predicted molar refractivity (Wildman–Crippen MR) is 74.5 cm³/mol. The number of anilines is 1. The number of benzene rings is 2. The molecule has 0 fully saturated rings. The van der Waals surface area contributed by atoms with Crippen LogP contribution in [0.15, 0.2) is 48.5 Å². The van der Waals surface area contributed by atoms with Crippen LogP contribution in [0.1, 0.15) is 32.4 Å². The summed E-state index contributed by atoms with van der Waals surface area (Å²) in [6.07, 6.45) is -0.332. The Morgan fingerprint density at radius 1 is 0.850 bits per heavy atom. The van der Waals surface area contributed by atoms with Gasteiger partial charge in [-0.05, 0) is 18.2 Å². The lowest BCUT2D eigenvalue weighted by Gasteiger charge is -2.38. The first kappa shape index (κ1) is 11.2. The zero-order valence-corrected chi connectivity index (χ0v) is 10.9. The molecule has 0 aliphatic carbocycles. The number of nitrogens with zero attached hydrogens (tertiary/aromatic N) is 2. The van der Waals surface area contributed by atoms with E-state index in [1.54, 1.807) is 12.1 Å². The molecule has 2 amide bonds. The Labute approximate surface area is 116 Å². The van der Waals surface area contributed by atoms with Crippen LogP contribution in [-0.4, -0.2) is 23.8 Å². The van der Waals surface area contributed by atoms with Crippen LogP contribution in [0.3, 0.4) is 0 Å². The normalized spacial score (nSPS) is 19.8. The van der Waals surface area contributed by atoms with E-state index in [0.29, 0.717) is 11.1 Å². The molecule has 2 aromatic rings. The second-order valence-corrected chi connectivity index (χ2v) is 5.07. The van der Waals surface area contributed by atoms with Crippen molar-refractivity contribution in [3.63, 3.8) is 0 Å². The summed E-state index contributed by atoms with van der Waals surface area (Å²) < 4.78 is 0. The molecule has 98 valence electrons. The van der Waals surface area contributed by atoms with Crippen molar-refractivity contribution in [3.8, 4) is 0 Å². The average molecular weight is 264 g/mol. The van der Waals surface area contributed by atoms with E-state index >= 15 is 0 Å². The van der Waals surface area contributed by atoms with Gasteiger partial charge in [-0.1, -0.05) is 30.3 Å². The first-order valence-corrected chi connectivity index (χ1v) is 6.49. The fraction of sp³-hybridized carbons (Fsp3) is 0.125. The van der Waals surface area contributed by atoms with Crippen molar-refractivity contribution in [1.82, 2.24) is 4.90 Å². The number of hydrogen-bond acceptors (Lipinski definition) is 3. The Morgan fingerprint density at radius 3 is 2.25 bits per heavy atom. The molecular formula is C16H12N2O2. The number of para-hydroxylation sites is 1. The van der Waals surface area contributed by atoms with Gasteiger partial charge in [-0.25, -0.2) is 4.90 Å². The van der Waals surface area contributed by atoms with E-state index in [-0.39, 0.29) is 18.0 Å². The van der Waals surface area contributed by atoms with Gasteiger partial charge in [-0.3, -0.25) is 9.59 Å². The standard InChI is InChI=1S/C16H12N2O2/c1-17-13-9-5-4-8-12(13)16(20)18-14(17)10-6-2-3-7-11(10)15(18)19/h2-9,14H,1H3. The van der Waals surface area contributed by atoms with E-state index in [1.807, 2.05) is 48.3 Å². The molecule has 0 N–H and O–H groups in total. The Bertz CT molecular complexity index is 754. The number of hydrogen-bond donors (Lipinski definition) is 0. The minimum absolute atomic E-state index is 0.211. The SMILES string of the molecule is CN1c2ccccc2C(=O)N2C(=O)c3ccccc3C21. The summed E-state index contributed by atoms with van der Waals surface area (Å²) in [5, 5.41) is 0. The highest BCUT2D eigenvalue weighted by molar-refractivity contribution is 6.16. The third-order valence-electron chi connectivity index (χ3n) is 4.03. The number of rotatable bonds is 0. The monoisotopic (exact) mass is 264 g/mol. The van der Waals surface area contributed by atoms with E-state index in [9.17, 15) is 9.59 Å². The van der Waals surface area contributed by atoms with Crippen molar-refractivity contribution in [2.24, 2.45) is 0 Å². The summed E-state index contributed by atoms with van der Waals surface area (Å²) in [6, 6.07) is 14.8. The highest BCUT2D eigenvalue weighted by Gasteiger charge is 2.46. The largest absolute Gasteiger partial charge is 0.349 e. The number of imide groups is 1. The van der Waals surface area contributed by atoms with Crippen LogP contribution in [-0.2, 0) is 0 Å². The van der Waals surface area contributed by atoms with Gasteiger partial charge in [0, 0.05) is 18.2 Å². The fourth-order valence-corrected chi connectivity index (χ4v) is 3.11. The zero-order valence-electron chi connectivity index (χ0n) is 10.9. The molecule has 20 heavy (non-hydrogen) atoms. The van der Waals surface area contributed by atoms with Crippen molar-refractivity contribution >= 4 is 17.5 Å². The lowest BCUT2D eigenvalue weighted by atomic mass is 10.0. The molecule has 2 aliphatic rings. The number of fused-ring (bicyclic) bond motifs is 4. The summed E-state index contributed by atoms with van der Waals surface area (Å²) in [5.41, 5.74) is 2.95. The van der Waals surface area contributed by atoms with Gasteiger partial charge in [0.15, 0.2) is 0 Å². The van der Waals surface area contributed by atoms with Crippen molar-refractivity contribution in [2.45, 2.75) is 6.17 Å². The first-order valence-electron chi connectivity index (χ1n) is 6.49. The number of amides is 2. The van der Waals surface area contributed by atoms with Gasteiger partial charge in [0.05, 0.1) is 11.3 Å². The Balaban J connectivity index is 1.98. The van der Waals surface area contributed by atoms with Crippen LogP contribution in [0.2, 0.25) is 0 Å². The molecule has 1 unspecified atom stereocenters. The maximum absolute atomic E-state index is 12.6. The van der Waals surface area contributed by atoms with E-state index < -0.39 is 0 Å². The molecule has 4 heteroatoms. The number of carbonyl (C=O) groups is 2. The molecule has 4 rings (SSSR count). The Hall–Kier alpha value is -2.62. The van der Waals surface area contributed by atoms with Crippen LogP contribution in [0.25, 0.3) is 0 Å². The molecule has 0 spiro atoms. The summed E-state index contributed by atoms with van der Waals surface area (Å²) in [6.45, 7) is 0. The molecule has 2 aliphatic heterocycles. The molecule has 0 bridgehead atoms. The molecule has 2 heterocycles. The topological polar surface area (TPSA) is 40.6 Å². The van der Waals surface area contributed by atoms with Crippen LogP contribution in [0, 0.1) is 0 Å². The van der Waals surface area contributed by atoms with Crippen molar-refractivity contribution in [2.75, 3.05) is 11.9 Å². The molecule has 2 aromatic carbocycles. The van der Waals surface area contributed by atoms with Gasteiger partial charge in [0.2, 0.25) is 0 Å². The molecule has 0 saturated carbocycles. The summed E-state index contributed by atoms with van der Waals surface area (Å²) in [7, 11) is 1.92. The zero-order chi connectivity index (χ0) is 13.9. The minimum atomic E-state index is -0.332. The molecular weight excluding hydrogens is 252 g/mol. The van der Waals surface area contributed by atoms with Gasteiger partial charge in [-0.15, -0.1) is 0 Å². The van der Waals surface area contributed by atoms with Gasteiger partial charge in [0.25, 0.3) is 11.8 Å². The van der Waals surface area contributed by atoms with E-state index in [2.05, 4.69) is 0 Å². The second kappa shape index (κ2) is 3.70. The molecule has 0 aromatic heterocycles. The maximum Gasteiger partial charge on any atom is 0.264 e. The van der Waals surface area contributed by atoms with E-state index in [4.69, 9.17) is 0 Å². The van der Waals surface area contributed by atoms with Gasteiger partial charge >= 0.3 is 0 Å². The minimum Gasteiger partial charge on any atom is -0.349 e. The van der Waals surface area contributed by atoms with Crippen LogP contribution >= 0.6 is 0 Å². The van der Waals surface area contributed by atoms with Crippen molar-refractivity contribution in [3.05, 3.63) is 65.2 Å². The van der Waals surface area contributed by atoms with Gasteiger partial charge in [0.1, 0.15) is 6.17 Å². The van der Waals surface area contributed by atoms with E-state index in [0.717, 1.165) is 11.3 Å². The summed E-state index contributed by atoms with van der Waals surface area (Å²) >= 11 is 0. The Kier molecular flexibility index (Phi) is 2.07.